The van der Waals surface area contributed by atoms with E-state index in [9.17, 15) is 9.59 Å². The van der Waals surface area contributed by atoms with Crippen LogP contribution >= 0.6 is 15.9 Å². The lowest BCUT2D eigenvalue weighted by molar-refractivity contribution is -0.117. The highest BCUT2D eigenvalue weighted by molar-refractivity contribution is 9.10. The molecule has 8 heteroatoms. The Morgan fingerprint density at radius 3 is 2.62 bits per heavy atom. The predicted octanol–water partition coefficient (Wildman–Crippen LogP) is 3.24. The number of amides is 2. The Labute approximate surface area is 176 Å². The van der Waals surface area contributed by atoms with Crippen molar-refractivity contribution in [2.75, 3.05) is 0 Å². The summed E-state index contributed by atoms with van der Waals surface area (Å²) in [6, 6.07) is 14.6. The molecule has 0 aliphatic carbocycles. The quantitative estimate of drug-likeness (QED) is 0.442. The van der Waals surface area contributed by atoms with Gasteiger partial charge in [-0.15, -0.1) is 0 Å². The smallest absolute Gasteiger partial charge is 0.286 e. The molecule has 0 aliphatic rings. The number of hydrazine groups is 1. The van der Waals surface area contributed by atoms with Gasteiger partial charge in [0.15, 0.2) is 0 Å². The zero-order valence-corrected chi connectivity index (χ0v) is 17.2. The fourth-order valence-corrected chi connectivity index (χ4v) is 2.99. The van der Waals surface area contributed by atoms with Crippen LogP contribution in [0.3, 0.4) is 0 Å². The molecule has 148 valence electrons. The lowest BCUT2D eigenvalue weighted by atomic mass is 10.2. The molecule has 7 nitrogen and oxygen atoms in total. The highest BCUT2D eigenvalue weighted by atomic mass is 79.9. The minimum absolute atomic E-state index is 0.385. The molecule has 3 rings (SSSR count). The summed E-state index contributed by atoms with van der Waals surface area (Å²) < 4.78 is 8.11. The summed E-state index contributed by atoms with van der Waals surface area (Å²) >= 11 is 3.30. The molecular weight excluding hydrogens is 436 g/mol. The zero-order chi connectivity index (χ0) is 20.6. The average Bonchev–Trinajstić information content (AvgIpc) is 3.08. The van der Waals surface area contributed by atoms with Gasteiger partial charge in [0.25, 0.3) is 11.8 Å². The van der Waals surface area contributed by atoms with Crippen molar-refractivity contribution in [2.24, 2.45) is 7.05 Å². The van der Waals surface area contributed by atoms with Crippen molar-refractivity contribution in [3.8, 4) is 5.75 Å². The fraction of sp³-hybridized carbons (Fsp3) is 0.0952. The van der Waals surface area contributed by atoms with E-state index in [2.05, 4.69) is 31.8 Å². The number of pyridine rings is 1. The number of nitrogens with one attached hydrogen (secondary N) is 2. The molecule has 2 amide bonds. The second kappa shape index (κ2) is 9.70. The van der Waals surface area contributed by atoms with Gasteiger partial charge in [-0.3, -0.25) is 25.4 Å². The molecule has 0 saturated heterocycles. The van der Waals surface area contributed by atoms with E-state index in [0.29, 0.717) is 18.1 Å². The predicted molar refractivity (Wildman–Crippen MR) is 113 cm³/mol. The Kier molecular flexibility index (Phi) is 6.80. The number of carbonyl (C=O) groups excluding carboxylic acids is 2. The van der Waals surface area contributed by atoms with Gasteiger partial charge < -0.3 is 9.30 Å². The third-order valence-corrected chi connectivity index (χ3v) is 4.36. The van der Waals surface area contributed by atoms with Gasteiger partial charge in [-0.05, 0) is 57.9 Å². The van der Waals surface area contributed by atoms with Crippen LogP contribution in [0.4, 0.5) is 0 Å². The molecule has 0 radical (unpaired) electrons. The normalized spacial score (nSPS) is 10.7. The summed E-state index contributed by atoms with van der Waals surface area (Å²) in [5.41, 5.74) is 6.81. The monoisotopic (exact) mass is 454 g/mol. The van der Waals surface area contributed by atoms with Gasteiger partial charge in [-0.2, -0.15) is 0 Å². The zero-order valence-electron chi connectivity index (χ0n) is 15.6. The van der Waals surface area contributed by atoms with Crippen LogP contribution in [0.1, 0.15) is 21.7 Å². The first-order chi connectivity index (χ1) is 14.0. The number of hydrogen-bond donors (Lipinski definition) is 2. The topological polar surface area (TPSA) is 85.2 Å². The van der Waals surface area contributed by atoms with Crippen LogP contribution in [-0.2, 0) is 18.4 Å². The lowest BCUT2D eigenvalue weighted by Crippen LogP contribution is -2.41. The number of benzene rings is 1. The SMILES string of the molecule is Cn1cc(Br)cc1C(=O)NNC(=O)/C=C/c1ccc(OCc2ccccn2)cc1. The lowest BCUT2D eigenvalue weighted by Gasteiger charge is -2.06. The number of nitrogens with zero attached hydrogens (tertiary/aromatic N) is 2. The van der Waals surface area contributed by atoms with Crippen LogP contribution in [0, 0.1) is 0 Å². The molecule has 0 saturated carbocycles. The van der Waals surface area contributed by atoms with E-state index in [-0.39, 0.29) is 0 Å². The van der Waals surface area contributed by atoms with Crippen molar-refractivity contribution in [2.45, 2.75) is 6.61 Å². The average molecular weight is 455 g/mol. The van der Waals surface area contributed by atoms with Gasteiger partial charge in [-0.25, -0.2) is 0 Å². The summed E-state index contributed by atoms with van der Waals surface area (Å²) in [5, 5.41) is 0. The van der Waals surface area contributed by atoms with E-state index in [1.54, 1.807) is 36.2 Å². The number of halogens is 1. The first-order valence-electron chi connectivity index (χ1n) is 8.74. The van der Waals surface area contributed by atoms with Gasteiger partial charge in [0.05, 0.1) is 5.69 Å². The van der Waals surface area contributed by atoms with Crippen LogP contribution in [0.15, 0.2) is 71.5 Å². The van der Waals surface area contributed by atoms with E-state index < -0.39 is 11.8 Å². The molecule has 2 aromatic heterocycles. The third kappa shape index (κ3) is 6.05. The third-order valence-electron chi connectivity index (χ3n) is 3.92. The standard InChI is InChI=1S/C21H19BrN4O3/c1-26-13-16(22)12-19(26)21(28)25-24-20(27)10-7-15-5-8-18(9-6-15)29-14-17-4-2-3-11-23-17/h2-13H,14H2,1H3,(H,24,27)(H,25,28)/b10-7+. The highest BCUT2D eigenvalue weighted by Crippen LogP contribution is 2.15. The Balaban J connectivity index is 1.47. The maximum Gasteiger partial charge on any atom is 0.286 e. The molecule has 0 atom stereocenters. The Hall–Kier alpha value is -3.39. The molecule has 2 N–H and O–H groups in total. The van der Waals surface area contributed by atoms with Crippen molar-refractivity contribution in [1.29, 1.82) is 0 Å². The molecule has 0 aliphatic heterocycles. The van der Waals surface area contributed by atoms with Gasteiger partial charge >= 0.3 is 0 Å². The van der Waals surface area contributed by atoms with Crippen LogP contribution in [0.25, 0.3) is 6.08 Å². The van der Waals surface area contributed by atoms with Crippen molar-refractivity contribution < 1.29 is 14.3 Å². The van der Waals surface area contributed by atoms with E-state index in [0.717, 1.165) is 15.7 Å². The van der Waals surface area contributed by atoms with Gasteiger partial charge in [0, 0.05) is 30.0 Å². The molecule has 0 spiro atoms. The van der Waals surface area contributed by atoms with Crippen LogP contribution in [-0.4, -0.2) is 21.4 Å². The van der Waals surface area contributed by atoms with Crippen molar-refractivity contribution in [3.05, 3.63) is 88.4 Å². The molecule has 0 bridgehead atoms. The maximum absolute atomic E-state index is 12.0. The largest absolute Gasteiger partial charge is 0.487 e. The van der Waals surface area contributed by atoms with E-state index in [1.807, 2.05) is 42.5 Å². The maximum atomic E-state index is 12.0. The molecule has 0 unspecified atom stereocenters. The molecule has 3 aromatic rings. The Bertz CT molecular complexity index is 1010. The second-order valence-electron chi connectivity index (χ2n) is 6.11. The molecule has 29 heavy (non-hydrogen) atoms. The van der Waals surface area contributed by atoms with Crippen molar-refractivity contribution in [3.63, 3.8) is 0 Å². The van der Waals surface area contributed by atoms with Crippen molar-refractivity contribution >= 4 is 33.8 Å². The van der Waals surface area contributed by atoms with Gasteiger partial charge in [0.2, 0.25) is 0 Å². The number of hydrogen-bond acceptors (Lipinski definition) is 4. The van der Waals surface area contributed by atoms with E-state index in [1.165, 1.54) is 6.08 Å². The van der Waals surface area contributed by atoms with Crippen LogP contribution in [0.2, 0.25) is 0 Å². The number of carbonyl (C=O) groups is 2. The molecule has 2 heterocycles. The van der Waals surface area contributed by atoms with Gasteiger partial charge in [0.1, 0.15) is 18.1 Å². The number of ether oxygens (including phenoxy) is 1. The minimum atomic E-state index is -0.442. The minimum Gasteiger partial charge on any atom is -0.487 e. The number of aryl methyl sites for hydroxylation is 1. The van der Waals surface area contributed by atoms with Crippen LogP contribution < -0.4 is 15.6 Å². The second-order valence-corrected chi connectivity index (χ2v) is 7.03. The fourth-order valence-electron chi connectivity index (χ4n) is 2.46. The summed E-state index contributed by atoms with van der Waals surface area (Å²) in [4.78, 5) is 28.2. The molecule has 0 fully saturated rings. The number of rotatable bonds is 6. The number of aromatic nitrogens is 2. The molecule has 1 aromatic carbocycles. The molecular formula is C21H19BrN4O3. The first-order valence-corrected chi connectivity index (χ1v) is 9.53. The van der Waals surface area contributed by atoms with E-state index >= 15 is 0 Å². The van der Waals surface area contributed by atoms with E-state index in [4.69, 9.17) is 4.74 Å². The summed E-state index contributed by atoms with van der Waals surface area (Å²) in [7, 11) is 1.74. The summed E-state index contributed by atoms with van der Waals surface area (Å²) in [6.07, 6.45) is 6.45. The van der Waals surface area contributed by atoms with Crippen molar-refractivity contribution in [1.82, 2.24) is 20.4 Å². The van der Waals surface area contributed by atoms with Gasteiger partial charge in [-0.1, -0.05) is 18.2 Å². The highest BCUT2D eigenvalue weighted by Gasteiger charge is 2.11. The van der Waals surface area contributed by atoms with Crippen LogP contribution in [0.5, 0.6) is 5.75 Å². The Morgan fingerprint density at radius 1 is 1.17 bits per heavy atom. The summed E-state index contributed by atoms with van der Waals surface area (Å²) in [6.45, 7) is 0.385. The first kappa shape index (κ1) is 20.3. The Morgan fingerprint density at radius 2 is 1.97 bits per heavy atom. The summed E-state index contributed by atoms with van der Waals surface area (Å²) in [5.74, 6) is -0.144.